The molecule has 1 atom stereocenters. The predicted octanol–water partition coefficient (Wildman–Crippen LogP) is 2.96. The van der Waals surface area contributed by atoms with Crippen molar-refractivity contribution in [2.75, 3.05) is 5.32 Å². The second kappa shape index (κ2) is 6.13. The molecule has 100 valence electrons. The zero-order valence-electron chi connectivity index (χ0n) is 11.2. The molecular weight excluding hydrogens is 240 g/mol. The highest BCUT2D eigenvalue weighted by Gasteiger charge is 2.12. The van der Waals surface area contributed by atoms with Crippen molar-refractivity contribution in [2.24, 2.45) is 0 Å². The summed E-state index contributed by atoms with van der Waals surface area (Å²) in [7, 11) is 0. The molecule has 0 spiro atoms. The van der Waals surface area contributed by atoms with Gasteiger partial charge in [0.1, 0.15) is 5.69 Å². The van der Waals surface area contributed by atoms with Crippen LogP contribution in [0.3, 0.4) is 0 Å². The summed E-state index contributed by atoms with van der Waals surface area (Å²) in [5, 5.41) is 9.79. The van der Waals surface area contributed by atoms with E-state index >= 15 is 0 Å². The first-order valence-electron chi connectivity index (χ1n) is 6.48. The molecule has 19 heavy (non-hydrogen) atoms. The number of nitrogens with zero attached hydrogens (tertiary/aromatic N) is 2. The number of hydrogen-bond donors (Lipinski definition) is 2. The fourth-order valence-electron chi connectivity index (χ4n) is 1.92. The molecule has 0 fully saturated rings. The van der Waals surface area contributed by atoms with Gasteiger partial charge in [0.2, 0.25) is 0 Å². The SMILES string of the molecule is CCC[C@H](C)c1cc(NC(=O)c2ccccn2)n[nH]1. The lowest BCUT2D eigenvalue weighted by atomic mass is 10.0. The van der Waals surface area contributed by atoms with Crippen LogP contribution in [0.5, 0.6) is 0 Å². The first-order chi connectivity index (χ1) is 9.20. The second-order valence-electron chi connectivity index (χ2n) is 4.57. The van der Waals surface area contributed by atoms with Crippen molar-refractivity contribution >= 4 is 11.7 Å². The fourth-order valence-corrected chi connectivity index (χ4v) is 1.92. The number of rotatable bonds is 5. The summed E-state index contributed by atoms with van der Waals surface area (Å²) >= 11 is 0. The van der Waals surface area contributed by atoms with E-state index in [2.05, 4.69) is 34.3 Å². The first-order valence-corrected chi connectivity index (χ1v) is 6.48. The predicted molar refractivity (Wildman–Crippen MR) is 74.1 cm³/mol. The number of amides is 1. The van der Waals surface area contributed by atoms with Gasteiger partial charge in [-0.05, 0) is 24.5 Å². The largest absolute Gasteiger partial charge is 0.304 e. The van der Waals surface area contributed by atoms with Crippen LogP contribution >= 0.6 is 0 Å². The topological polar surface area (TPSA) is 70.7 Å². The maximum atomic E-state index is 11.9. The lowest BCUT2D eigenvalue weighted by Gasteiger charge is -2.05. The van der Waals surface area contributed by atoms with Crippen LogP contribution in [-0.4, -0.2) is 21.1 Å². The molecule has 2 rings (SSSR count). The molecule has 0 aliphatic carbocycles. The second-order valence-corrected chi connectivity index (χ2v) is 4.57. The van der Waals surface area contributed by atoms with Crippen molar-refractivity contribution in [1.29, 1.82) is 0 Å². The summed E-state index contributed by atoms with van der Waals surface area (Å²) in [6.45, 7) is 4.29. The highest BCUT2D eigenvalue weighted by atomic mass is 16.1. The Morgan fingerprint density at radius 1 is 1.47 bits per heavy atom. The van der Waals surface area contributed by atoms with Crippen LogP contribution in [0.1, 0.15) is 48.8 Å². The molecule has 0 radical (unpaired) electrons. The van der Waals surface area contributed by atoms with Gasteiger partial charge in [0.15, 0.2) is 5.82 Å². The minimum absolute atomic E-state index is 0.248. The summed E-state index contributed by atoms with van der Waals surface area (Å²) in [4.78, 5) is 15.9. The molecule has 0 aliphatic rings. The van der Waals surface area contributed by atoms with Crippen molar-refractivity contribution < 1.29 is 4.79 Å². The summed E-state index contributed by atoms with van der Waals surface area (Å²) in [5.41, 5.74) is 1.42. The number of anilines is 1. The van der Waals surface area contributed by atoms with Gasteiger partial charge in [-0.25, -0.2) is 0 Å². The number of aromatic nitrogens is 3. The first kappa shape index (κ1) is 13.3. The molecule has 0 saturated carbocycles. The maximum absolute atomic E-state index is 11.9. The Morgan fingerprint density at radius 2 is 2.32 bits per heavy atom. The zero-order chi connectivity index (χ0) is 13.7. The lowest BCUT2D eigenvalue weighted by molar-refractivity contribution is 0.102. The summed E-state index contributed by atoms with van der Waals surface area (Å²) in [5.74, 6) is 0.702. The Bertz CT molecular complexity index is 535. The van der Waals surface area contributed by atoms with Crippen molar-refractivity contribution in [3.8, 4) is 0 Å². The smallest absolute Gasteiger partial charge is 0.275 e. The normalized spacial score (nSPS) is 12.1. The number of carbonyl (C=O) groups excluding carboxylic acids is 1. The number of aromatic amines is 1. The van der Waals surface area contributed by atoms with Gasteiger partial charge in [-0.15, -0.1) is 0 Å². The van der Waals surface area contributed by atoms with Crippen molar-refractivity contribution in [1.82, 2.24) is 15.2 Å². The van der Waals surface area contributed by atoms with Crippen LogP contribution in [0.15, 0.2) is 30.5 Å². The van der Waals surface area contributed by atoms with E-state index in [4.69, 9.17) is 0 Å². The van der Waals surface area contributed by atoms with E-state index in [0.717, 1.165) is 18.5 Å². The molecule has 2 heterocycles. The van der Waals surface area contributed by atoms with E-state index in [1.807, 2.05) is 6.07 Å². The Balaban J connectivity index is 2.02. The van der Waals surface area contributed by atoms with E-state index in [-0.39, 0.29) is 5.91 Å². The van der Waals surface area contributed by atoms with E-state index in [1.165, 1.54) is 0 Å². The van der Waals surface area contributed by atoms with Crippen LogP contribution in [-0.2, 0) is 0 Å². The molecule has 1 amide bonds. The molecule has 0 bridgehead atoms. The fraction of sp³-hybridized carbons (Fsp3) is 0.357. The molecule has 2 aromatic rings. The van der Waals surface area contributed by atoms with Crippen molar-refractivity contribution in [3.63, 3.8) is 0 Å². The Kier molecular flexibility index (Phi) is 4.28. The third-order valence-electron chi connectivity index (χ3n) is 2.99. The van der Waals surface area contributed by atoms with E-state index in [0.29, 0.717) is 17.4 Å². The molecule has 0 aromatic carbocycles. The summed E-state index contributed by atoms with van der Waals surface area (Å²) < 4.78 is 0. The third kappa shape index (κ3) is 3.40. The number of hydrogen-bond acceptors (Lipinski definition) is 3. The van der Waals surface area contributed by atoms with Gasteiger partial charge in [0, 0.05) is 18.0 Å². The monoisotopic (exact) mass is 258 g/mol. The summed E-state index contributed by atoms with van der Waals surface area (Å²) in [6, 6.07) is 7.10. The maximum Gasteiger partial charge on any atom is 0.275 e. The standard InChI is InChI=1S/C14H18N4O/c1-3-6-10(2)12-9-13(18-17-12)16-14(19)11-7-4-5-8-15-11/h4-5,7-10H,3,6H2,1-2H3,(H2,16,17,18,19)/t10-/m0/s1. The van der Waals surface area contributed by atoms with Crippen LogP contribution in [0.4, 0.5) is 5.82 Å². The van der Waals surface area contributed by atoms with Crippen molar-refractivity contribution in [3.05, 3.63) is 41.9 Å². The quantitative estimate of drug-likeness (QED) is 0.866. The van der Waals surface area contributed by atoms with E-state index in [1.54, 1.807) is 24.4 Å². The third-order valence-corrected chi connectivity index (χ3v) is 2.99. The highest BCUT2D eigenvalue weighted by molar-refractivity contribution is 6.02. The average Bonchev–Trinajstić information content (AvgIpc) is 2.88. The number of nitrogens with one attached hydrogen (secondary N) is 2. The van der Waals surface area contributed by atoms with Gasteiger partial charge in [0.05, 0.1) is 0 Å². The number of carbonyl (C=O) groups is 1. The van der Waals surface area contributed by atoms with Gasteiger partial charge < -0.3 is 5.32 Å². The average molecular weight is 258 g/mol. The summed E-state index contributed by atoms with van der Waals surface area (Å²) in [6.07, 6.45) is 3.81. The molecule has 2 aromatic heterocycles. The minimum Gasteiger partial charge on any atom is -0.304 e. The Labute approximate surface area is 112 Å². The van der Waals surface area contributed by atoms with Gasteiger partial charge in [0.25, 0.3) is 5.91 Å². The van der Waals surface area contributed by atoms with Gasteiger partial charge >= 0.3 is 0 Å². The molecule has 0 aliphatic heterocycles. The van der Waals surface area contributed by atoms with Gasteiger partial charge in [-0.1, -0.05) is 26.3 Å². The Morgan fingerprint density at radius 3 is 3.00 bits per heavy atom. The molecule has 0 saturated heterocycles. The molecule has 2 N–H and O–H groups in total. The van der Waals surface area contributed by atoms with Gasteiger partial charge in [-0.3, -0.25) is 14.9 Å². The van der Waals surface area contributed by atoms with E-state index < -0.39 is 0 Å². The molecule has 5 heteroatoms. The molecule has 5 nitrogen and oxygen atoms in total. The Hall–Kier alpha value is -2.17. The van der Waals surface area contributed by atoms with E-state index in [9.17, 15) is 4.79 Å². The molecular formula is C14H18N4O. The van der Waals surface area contributed by atoms with Crippen LogP contribution in [0.2, 0.25) is 0 Å². The highest BCUT2D eigenvalue weighted by Crippen LogP contribution is 2.20. The van der Waals surface area contributed by atoms with Crippen LogP contribution < -0.4 is 5.32 Å². The molecule has 0 unspecified atom stereocenters. The van der Waals surface area contributed by atoms with Crippen LogP contribution in [0, 0.1) is 0 Å². The number of H-pyrrole nitrogens is 1. The zero-order valence-corrected chi connectivity index (χ0v) is 11.2. The van der Waals surface area contributed by atoms with Gasteiger partial charge in [-0.2, -0.15) is 5.10 Å². The van der Waals surface area contributed by atoms with Crippen molar-refractivity contribution in [2.45, 2.75) is 32.6 Å². The van der Waals surface area contributed by atoms with Crippen LogP contribution in [0.25, 0.3) is 0 Å². The lowest BCUT2D eigenvalue weighted by Crippen LogP contribution is -2.13. The number of pyridine rings is 1. The minimum atomic E-state index is -0.248.